The van der Waals surface area contributed by atoms with Crippen molar-refractivity contribution in [2.75, 3.05) is 11.9 Å². The quantitative estimate of drug-likeness (QED) is 0.678. The van der Waals surface area contributed by atoms with E-state index in [-0.39, 0.29) is 6.03 Å². The molecule has 0 unspecified atom stereocenters. The number of aromatic nitrogens is 4. The highest BCUT2D eigenvalue weighted by Crippen LogP contribution is 2.21. The Morgan fingerprint density at radius 3 is 2.73 bits per heavy atom. The van der Waals surface area contributed by atoms with E-state index in [4.69, 9.17) is 4.52 Å². The molecule has 0 aliphatic heterocycles. The van der Waals surface area contributed by atoms with Crippen molar-refractivity contribution in [3.05, 3.63) is 35.7 Å². The van der Waals surface area contributed by atoms with E-state index in [0.29, 0.717) is 30.4 Å². The van der Waals surface area contributed by atoms with E-state index in [9.17, 15) is 4.79 Å². The smallest absolute Gasteiger partial charge is 0.319 e. The number of nitrogens with zero attached hydrogens (tertiary/aromatic N) is 4. The van der Waals surface area contributed by atoms with Gasteiger partial charge in [-0.15, -0.1) is 0 Å². The van der Waals surface area contributed by atoms with Crippen LogP contribution >= 0.6 is 0 Å². The lowest BCUT2D eigenvalue weighted by Gasteiger charge is -2.07. The summed E-state index contributed by atoms with van der Waals surface area (Å²) in [7, 11) is 0. The van der Waals surface area contributed by atoms with Gasteiger partial charge in [0, 0.05) is 38.0 Å². The highest BCUT2D eigenvalue weighted by Gasteiger charge is 2.10. The number of carbonyl (C=O) groups is 1. The minimum absolute atomic E-state index is 0.273. The van der Waals surface area contributed by atoms with Crippen molar-refractivity contribution in [1.29, 1.82) is 0 Å². The predicted molar refractivity (Wildman–Crippen MR) is 99.2 cm³/mol. The molecule has 2 amide bonds. The lowest BCUT2D eigenvalue weighted by molar-refractivity contribution is 0.252. The van der Waals surface area contributed by atoms with Crippen molar-refractivity contribution in [3.63, 3.8) is 0 Å². The fourth-order valence-corrected chi connectivity index (χ4v) is 2.87. The van der Waals surface area contributed by atoms with Gasteiger partial charge in [-0.2, -0.15) is 4.98 Å². The maximum atomic E-state index is 12.1. The first-order chi connectivity index (χ1) is 12.6. The van der Waals surface area contributed by atoms with Crippen molar-refractivity contribution in [2.24, 2.45) is 0 Å². The van der Waals surface area contributed by atoms with E-state index < -0.39 is 0 Å². The highest BCUT2D eigenvalue weighted by atomic mass is 16.5. The lowest BCUT2D eigenvalue weighted by Crippen LogP contribution is -2.30. The molecule has 0 atom stereocenters. The van der Waals surface area contributed by atoms with Gasteiger partial charge in [-0.1, -0.05) is 19.0 Å². The monoisotopic (exact) mass is 356 g/mol. The predicted octanol–water partition coefficient (Wildman–Crippen LogP) is 2.93. The van der Waals surface area contributed by atoms with E-state index in [1.807, 2.05) is 25.1 Å². The summed E-state index contributed by atoms with van der Waals surface area (Å²) in [6.07, 6.45) is 2.11. The Morgan fingerprint density at radius 1 is 1.19 bits per heavy atom. The molecule has 0 spiro atoms. The molecule has 0 bridgehead atoms. The number of nitrogens with one attached hydrogen (secondary N) is 2. The van der Waals surface area contributed by atoms with E-state index in [1.165, 1.54) is 0 Å². The van der Waals surface area contributed by atoms with Crippen molar-refractivity contribution in [2.45, 2.75) is 46.6 Å². The van der Waals surface area contributed by atoms with Gasteiger partial charge >= 0.3 is 6.03 Å². The lowest BCUT2D eigenvalue weighted by atomic mass is 10.2. The second-order valence-electron chi connectivity index (χ2n) is 5.92. The Hall–Kier alpha value is -2.90. The number of imidazole rings is 1. The van der Waals surface area contributed by atoms with E-state index in [0.717, 1.165) is 36.2 Å². The number of carbonyl (C=O) groups excluding carboxylic acids is 1. The zero-order valence-corrected chi connectivity index (χ0v) is 15.4. The number of aryl methyl sites for hydroxylation is 3. The van der Waals surface area contributed by atoms with Gasteiger partial charge in [0.2, 0.25) is 5.89 Å². The van der Waals surface area contributed by atoms with Crippen LogP contribution in [0.2, 0.25) is 0 Å². The molecule has 138 valence electrons. The van der Waals surface area contributed by atoms with Crippen LogP contribution in [-0.4, -0.2) is 32.3 Å². The Bertz CT molecular complexity index is 898. The molecule has 3 rings (SSSR count). The number of amides is 2. The van der Waals surface area contributed by atoms with Crippen molar-refractivity contribution in [3.8, 4) is 0 Å². The van der Waals surface area contributed by atoms with E-state index >= 15 is 0 Å². The number of hydrogen-bond acceptors (Lipinski definition) is 5. The normalized spacial score (nSPS) is 11.0. The Kier molecular flexibility index (Phi) is 5.50. The molecule has 8 nitrogen and oxygen atoms in total. The molecule has 2 N–H and O–H groups in total. The van der Waals surface area contributed by atoms with Crippen LogP contribution < -0.4 is 10.6 Å². The minimum Gasteiger partial charge on any atom is -0.339 e. The zero-order valence-electron chi connectivity index (χ0n) is 15.4. The maximum Gasteiger partial charge on any atom is 0.319 e. The third-order valence-electron chi connectivity index (χ3n) is 4.17. The van der Waals surface area contributed by atoms with Gasteiger partial charge in [-0.25, -0.2) is 9.78 Å². The van der Waals surface area contributed by atoms with Crippen LogP contribution in [0.15, 0.2) is 22.7 Å². The summed E-state index contributed by atoms with van der Waals surface area (Å²) >= 11 is 0. The summed E-state index contributed by atoms with van der Waals surface area (Å²) in [5, 5.41) is 9.45. The molecule has 0 saturated carbocycles. The summed E-state index contributed by atoms with van der Waals surface area (Å²) in [5.41, 5.74) is 2.68. The van der Waals surface area contributed by atoms with Crippen LogP contribution in [0, 0.1) is 0 Å². The molecular formula is C18H24N6O2. The largest absolute Gasteiger partial charge is 0.339 e. The summed E-state index contributed by atoms with van der Waals surface area (Å²) < 4.78 is 7.28. The fourth-order valence-electron chi connectivity index (χ4n) is 2.87. The van der Waals surface area contributed by atoms with Crippen LogP contribution in [0.25, 0.3) is 11.0 Å². The average Bonchev–Trinajstić information content (AvgIpc) is 3.24. The van der Waals surface area contributed by atoms with Crippen LogP contribution in [0.5, 0.6) is 0 Å². The molecule has 0 aliphatic carbocycles. The van der Waals surface area contributed by atoms with E-state index in [2.05, 4.69) is 44.2 Å². The van der Waals surface area contributed by atoms with Gasteiger partial charge in [0.15, 0.2) is 5.82 Å². The van der Waals surface area contributed by atoms with Gasteiger partial charge in [0.05, 0.1) is 11.0 Å². The molecule has 0 radical (unpaired) electrons. The molecule has 0 saturated heterocycles. The Labute approximate surface area is 152 Å². The molecule has 0 fully saturated rings. The summed E-state index contributed by atoms with van der Waals surface area (Å²) in [5.74, 6) is 2.26. The van der Waals surface area contributed by atoms with Gasteiger partial charge in [0.1, 0.15) is 5.82 Å². The number of rotatable bonds is 7. The number of fused-ring (bicyclic) bond motifs is 1. The highest BCUT2D eigenvalue weighted by molar-refractivity contribution is 5.92. The van der Waals surface area contributed by atoms with Gasteiger partial charge in [-0.05, 0) is 25.1 Å². The molecular weight excluding hydrogens is 332 g/mol. The zero-order chi connectivity index (χ0) is 18.5. The minimum atomic E-state index is -0.273. The molecule has 2 aromatic heterocycles. The topological polar surface area (TPSA) is 97.9 Å². The van der Waals surface area contributed by atoms with Crippen LogP contribution in [0.3, 0.4) is 0 Å². The SMILES string of the molecule is CCc1noc(CCNC(=O)Nc2ccc3c(c2)nc(CC)n3CC)n1. The van der Waals surface area contributed by atoms with Gasteiger partial charge in [0.25, 0.3) is 0 Å². The maximum absolute atomic E-state index is 12.1. The van der Waals surface area contributed by atoms with Crippen molar-refractivity contribution in [1.82, 2.24) is 25.0 Å². The molecule has 1 aromatic carbocycles. The molecule has 0 aliphatic rings. The average molecular weight is 356 g/mol. The third kappa shape index (κ3) is 3.84. The first-order valence-corrected chi connectivity index (χ1v) is 9.00. The molecule has 26 heavy (non-hydrogen) atoms. The second-order valence-corrected chi connectivity index (χ2v) is 5.92. The Morgan fingerprint density at radius 2 is 2.04 bits per heavy atom. The second kappa shape index (κ2) is 7.99. The number of anilines is 1. The molecule has 3 aromatic rings. The number of hydrogen-bond donors (Lipinski definition) is 2. The van der Waals surface area contributed by atoms with Crippen molar-refractivity contribution >= 4 is 22.8 Å². The fraction of sp³-hybridized carbons (Fsp3) is 0.444. The first kappa shape index (κ1) is 17.9. The number of benzene rings is 1. The number of urea groups is 1. The molecule has 2 heterocycles. The van der Waals surface area contributed by atoms with Gasteiger partial charge in [-0.3, -0.25) is 0 Å². The van der Waals surface area contributed by atoms with Crippen molar-refractivity contribution < 1.29 is 9.32 Å². The van der Waals surface area contributed by atoms with Crippen LogP contribution in [-0.2, 0) is 25.8 Å². The Balaban J connectivity index is 1.58. The first-order valence-electron chi connectivity index (χ1n) is 9.00. The molecule has 8 heteroatoms. The summed E-state index contributed by atoms with van der Waals surface area (Å²) in [6, 6.07) is 5.50. The third-order valence-corrected chi connectivity index (χ3v) is 4.17. The van der Waals surface area contributed by atoms with E-state index in [1.54, 1.807) is 0 Å². The summed E-state index contributed by atoms with van der Waals surface area (Å²) in [6.45, 7) is 7.45. The van der Waals surface area contributed by atoms with Crippen LogP contribution in [0.4, 0.5) is 10.5 Å². The standard InChI is InChI=1S/C18H24N6O2/c1-4-15-22-17(26-23-15)9-10-19-18(25)20-12-7-8-14-13(11-12)21-16(5-2)24(14)6-3/h7-8,11H,4-6,9-10H2,1-3H3,(H2,19,20,25). The summed E-state index contributed by atoms with van der Waals surface area (Å²) in [4.78, 5) is 20.9. The van der Waals surface area contributed by atoms with Crippen LogP contribution in [0.1, 0.15) is 38.3 Å². The van der Waals surface area contributed by atoms with Gasteiger partial charge < -0.3 is 19.7 Å².